The SMILES string of the molecule is CC1(C)c2cc(-c3cc(-c4ccccc4)cc(N(c4ccccc4)c4ccc(-c5ccccc5)cc4)c3)ccc2-c2c1ccc1c2-c2ccccc2C12c1ccccc1-c1ccccc12. The van der Waals surface area contributed by atoms with E-state index in [0.29, 0.717) is 0 Å². The summed E-state index contributed by atoms with van der Waals surface area (Å²) in [6.07, 6.45) is 0. The van der Waals surface area contributed by atoms with Gasteiger partial charge < -0.3 is 4.90 Å². The van der Waals surface area contributed by atoms with Crippen LogP contribution in [0.3, 0.4) is 0 Å². The molecule has 1 spiro atoms. The molecule has 0 heterocycles. The van der Waals surface area contributed by atoms with Crippen LogP contribution in [0.5, 0.6) is 0 Å². The molecule has 0 unspecified atom stereocenters. The standard InChI is InChI=1S/C64H45N/c1-63(2)58-36-37-59-62(53-26-14-17-29-57(53)64(59)55-27-15-12-24-51(55)52-25-13-16-28-56(52)64)61(58)54-35-32-45(41-60(54)63)47-38-46(43-20-8-4-9-21-43)39-50(40-47)65(48-22-10-5-11-23-48)49-33-30-44(31-34-49)42-18-6-3-7-19-42/h3-41H,1-2H3. The summed E-state index contributed by atoms with van der Waals surface area (Å²) in [4.78, 5) is 2.40. The van der Waals surface area contributed by atoms with Crippen molar-refractivity contribution in [3.8, 4) is 66.8 Å². The first-order chi connectivity index (χ1) is 32.0. The Kier molecular flexibility index (Phi) is 8.24. The van der Waals surface area contributed by atoms with Crippen molar-refractivity contribution >= 4 is 17.1 Å². The van der Waals surface area contributed by atoms with Crippen LogP contribution in [0.1, 0.15) is 47.2 Å². The maximum Gasteiger partial charge on any atom is 0.0725 e. The highest BCUT2D eigenvalue weighted by atomic mass is 15.1. The average Bonchev–Trinajstić information content (AvgIpc) is 3.93. The Labute approximate surface area is 381 Å². The van der Waals surface area contributed by atoms with Crippen LogP contribution >= 0.6 is 0 Å². The highest BCUT2D eigenvalue weighted by Gasteiger charge is 2.53. The summed E-state index contributed by atoms with van der Waals surface area (Å²) in [5.41, 5.74) is 26.3. The minimum Gasteiger partial charge on any atom is -0.310 e. The maximum absolute atomic E-state index is 2.49. The molecular formula is C64H45N. The van der Waals surface area contributed by atoms with E-state index in [1.807, 2.05) is 0 Å². The van der Waals surface area contributed by atoms with E-state index in [0.717, 1.165) is 17.1 Å². The number of rotatable bonds is 6. The largest absolute Gasteiger partial charge is 0.310 e. The number of nitrogens with zero attached hydrogens (tertiary/aromatic N) is 1. The second-order valence-electron chi connectivity index (χ2n) is 18.4. The van der Waals surface area contributed by atoms with E-state index in [1.54, 1.807) is 0 Å². The van der Waals surface area contributed by atoms with Gasteiger partial charge in [-0.25, -0.2) is 0 Å². The fourth-order valence-corrected chi connectivity index (χ4v) is 11.8. The van der Waals surface area contributed by atoms with Gasteiger partial charge in [0.2, 0.25) is 0 Å². The summed E-state index contributed by atoms with van der Waals surface area (Å²) in [5.74, 6) is 0. The molecule has 0 atom stereocenters. The molecule has 0 saturated carbocycles. The molecule has 13 rings (SSSR count). The Hall–Kier alpha value is -8.00. The van der Waals surface area contributed by atoms with Crippen LogP contribution < -0.4 is 4.90 Å². The molecule has 10 aromatic rings. The van der Waals surface area contributed by atoms with Crippen LogP contribution in [0.25, 0.3) is 66.8 Å². The molecule has 3 aliphatic carbocycles. The molecule has 0 radical (unpaired) electrons. The van der Waals surface area contributed by atoms with Gasteiger partial charge in [0.15, 0.2) is 0 Å². The van der Waals surface area contributed by atoms with E-state index in [1.165, 1.54) is 100 Å². The minimum atomic E-state index is -0.373. The summed E-state index contributed by atoms with van der Waals surface area (Å²) in [6.45, 7) is 4.85. The van der Waals surface area contributed by atoms with Crippen molar-refractivity contribution in [3.63, 3.8) is 0 Å². The quantitative estimate of drug-likeness (QED) is 0.161. The highest BCUT2D eigenvalue weighted by Crippen LogP contribution is 2.66. The predicted molar refractivity (Wildman–Crippen MR) is 271 cm³/mol. The van der Waals surface area contributed by atoms with Gasteiger partial charge in [0.1, 0.15) is 0 Å². The van der Waals surface area contributed by atoms with Crippen LogP contribution in [-0.2, 0) is 10.8 Å². The van der Waals surface area contributed by atoms with Gasteiger partial charge in [-0.2, -0.15) is 0 Å². The molecule has 0 N–H and O–H groups in total. The summed E-state index contributed by atoms with van der Waals surface area (Å²) < 4.78 is 0. The third kappa shape index (κ3) is 5.46. The Balaban J connectivity index is 0.992. The first-order valence-corrected chi connectivity index (χ1v) is 22.8. The maximum atomic E-state index is 2.49. The Bertz CT molecular complexity index is 3440. The third-order valence-corrected chi connectivity index (χ3v) is 14.7. The second kappa shape index (κ2) is 14.3. The topological polar surface area (TPSA) is 3.24 Å². The molecule has 0 aliphatic heterocycles. The lowest BCUT2D eigenvalue weighted by molar-refractivity contribution is 0.660. The van der Waals surface area contributed by atoms with E-state index in [4.69, 9.17) is 0 Å². The van der Waals surface area contributed by atoms with Crippen LogP contribution in [0.4, 0.5) is 17.1 Å². The molecule has 0 aromatic heterocycles. The Morgan fingerprint density at radius 2 is 0.692 bits per heavy atom. The lowest BCUT2D eigenvalue weighted by atomic mass is 9.70. The van der Waals surface area contributed by atoms with Crippen molar-refractivity contribution in [2.24, 2.45) is 0 Å². The number of anilines is 3. The van der Waals surface area contributed by atoms with E-state index < -0.39 is 0 Å². The predicted octanol–water partition coefficient (Wildman–Crippen LogP) is 16.8. The molecule has 65 heavy (non-hydrogen) atoms. The normalized spacial score (nSPS) is 13.9. The van der Waals surface area contributed by atoms with Crippen molar-refractivity contribution in [1.29, 1.82) is 0 Å². The summed E-state index contributed by atoms with van der Waals surface area (Å²) in [6, 6.07) is 87.9. The molecule has 306 valence electrons. The third-order valence-electron chi connectivity index (χ3n) is 14.7. The van der Waals surface area contributed by atoms with Gasteiger partial charge in [-0.1, -0.05) is 202 Å². The average molecular weight is 828 g/mol. The summed E-state index contributed by atoms with van der Waals surface area (Å²) in [5, 5.41) is 0. The number of para-hydroxylation sites is 1. The zero-order valence-electron chi connectivity index (χ0n) is 36.5. The molecule has 0 saturated heterocycles. The van der Waals surface area contributed by atoms with Gasteiger partial charge in [0.05, 0.1) is 5.41 Å². The molecule has 0 fully saturated rings. The fraction of sp³-hybridized carbons (Fsp3) is 0.0625. The Morgan fingerprint density at radius 1 is 0.262 bits per heavy atom. The fourth-order valence-electron chi connectivity index (χ4n) is 11.8. The van der Waals surface area contributed by atoms with Gasteiger partial charge in [0, 0.05) is 22.5 Å². The zero-order valence-corrected chi connectivity index (χ0v) is 36.5. The van der Waals surface area contributed by atoms with Gasteiger partial charge in [-0.05, 0) is 149 Å². The van der Waals surface area contributed by atoms with Crippen LogP contribution in [0.15, 0.2) is 237 Å². The van der Waals surface area contributed by atoms with Gasteiger partial charge in [0.25, 0.3) is 0 Å². The first-order valence-electron chi connectivity index (χ1n) is 22.8. The number of hydrogen-bond donors (Lipinski definition) is 0. The Morgan fingerprint density at radius 3 is 1.32 bits per heavy atom. The lowest BCUT2D eigenvalue weighted by Gasteiger charge is -2.31. The molecule has 10 aromatic carbocycles. The van der Waals surface area contributed by atoms with E-state index >= 15 is 0 Å². The minimum absolute atomic E-state index is 0.220. The van der Waals surface area contributed by atoms with Crippen LogP contribution in [0.2, 0.25) is 0 Å². The first kappa shape index (κ1) is 37.5. The highest BCUT2D eigenvalue weighted by molar-refractivity contribution is 6.03. The summed E-state index contributed by atoms with van der Waals surface area (Å²) in [7, 11) is 0. The van der Waals surface area contributed by atoms with Crippen molar-refractivity contribution in [2.75, 3.05) is 4.90 Å². The molecule has 1 heteroatoms. The smallest absolute Gasteiger partial charge is 0.0725 e. The van der Waals surface area contributed by atoms with Gasteiger partial charge in [-0.15, -0.1) is 0 Å². The number of hydrogen-bond acceptors (Lipinski definition) is 1. The molecule has 0 bridgehead atoms. The molecule has 1 nitrogen and oxygen atoms in total. The lowest BCUT2D eigenvalue weighted by Crippen LogP contribution is -2.26. The van der Waals surface area contributed by atoms with Gasteiger partial charge >= 0.3 is 0 Å². The van der Waals surface area contributed by atoms with Crippen LogP contribution in [0, 0.1) is 0 Å². The van der Waals surface area contributed by atoms with Gasteiger partial charge in [-0.3, -0.25) is 0 Å². The summed E-state index contributed by atoms with van der Waals surface area (Å²) >= 11 is 0. The van der Waals surface area contributed by atoms with E-state index in [-0.39, 0.29) is 10.8 Å². The van der Waals surface area contributed by atoms with Crippen molar-refractivity contribution in [1.82, 2.24) is 0 Å². The molecular weight excluding hydrogens is 783 g/mol. The number of benzene rings is 10. The van der Waals surface area contributed by atoms with E-state index in [9.17, 15) is 0 Å². The number of fused-ring (bicyclic) bond motifs is 14. The zero-order chi connectivity index (χ0) is 43.3. The van der Waals surface area contributed by atoms with Crippen molar-refractivity contribution in [3.05, 3.63) is 270 Å². The molecule has 3 aliphatic rings. The molecule has 0 amide bonds. The van der Waals surface area contributed by atoms with Crippen LogP contribution in [-0.4, -0.2) is 0 Å². The van der Waals surface area contributed by atoms with E-state index in [2.05, 4.69) is 255 Å². The van der Waals surface area contributed by atoms with Crippen molar-refractivity contribution < 1.29 is 0 Å². The monoisotopic (exact) mass is 827 g/mol. The van der Waals surface area contributed by atoms with Crippen molar-refractivity contribution in [2.45, 2.75) is 24.7 Å². The second-order valence-corrected chi connectivity index (χ2v) is 18.4.